The number of alkyl halides is 1. The molecule has 2 amide bonds. The number of halogens is 1. The number of carbonyl (C=O) groups is 2. The van der Waals surface area contributed by atoms with Crippen molar-refractivity contribution >= 4 is 12.2 Å². The van der Waals surface area contributed by atoms with Crippen molar-refractivity contribution in [2.45, 2.75) is 58.9 Å². The lowest BCUT2D eigenvalue weighted by atomic mass is 10.2. The zero-order chi connectivity index (χ0) is 17.6. The topological polar surface area (TPSA) is 77.1 Å². The molecule has 8 heteroatoms. The number of carbonyl (C=O) groups excluding carboxylic acids is 2. The minimum atomic E-state index is -1.48. The standard InChI is InChI=1S/C14H27FN2O5/c1-13(2,3)21-11(18)16-20-9-10(15)8-17(7)12(19)22-14(4,5)6/h10H,8-9H2,1-7H3,(H,16,18). The van der Waals surface area contributed by atoms with Crippen LogP contribution in [-0.2, 0) is 14.3 Å². The van der Waals surface area contributed by atoms with Crippen molar-refractivity contribution in [1.82, 2.24) is 10.4 Å². The normalized spacial score (nSPS) is 13.3. The molecule has 0 aromatic rings. The van der Waals surface area contributed by atoms with Crippen LogP contribution in [0.1, 0.15) is 41.5 Å². The highest BCUT2D eigenvalue weighted by atomic mass is 19.1. The Morgan fingerprint density at radius 1 is 1.09 bits per heavy atom. The lowest BCUT2D eigenvalue weighted by molar-refractivity contribution is -0.0270. The number of hydroxylamine groups is 1. The summed E-state index contributed by atoms with van der Waals surface area (Å²) >= 11 is 0. The predicted molar refractivity (Wildman–Crippen MR) is 79.1 cm³/mol. The molecular formula is C14H27FN2O5. The average molecular weight is 322 g/mol. The van der Waals surface area contributed by atoms with Crippen molar-refractivity contribution < 1.29 is 28.3 Å². The fourth-order valence-corrected chi connectivity index (χ4v) is 1.25. The molecule has 130 valence electrons. The van der Waals surface area contributed by atoms with Crippen LogP contribution in [0.2, 0.25) is 0 Å². The van der Waals surface area contributed by atoms with Gasteiger partial charge in [-0.2, -0.15) is 5.48 Å². The fourth-order valence-electron chi connectivity index (χ4n) is 1.25. The Bertz CT molecular complexity index is 376. The number of ether oxygens (including phenoxy) is 2. The van der Waals surface area contributed by atoms with Crippen molar-refractivity contribution in [3.05, 3.63) is 0 Å². The number of amides is 2. The molecule has 0 radical (unpaired) electrons. The van der Waals surface area contributed by atoms with Gasteiger partial charge in [0.15, 0.2) is 0 Å². The van der Waals surface area contributed by atoms with E-state index in [-0.39, 0.29) is 6.54 Å². The summed E-state index contributed by atoms with van der Waals surface area (Å²) in [4.78, 5) is 28.7. The first-order valence-electron chi connectivity index (χ1n) is 6.99. The molecule has 0 spiro atoms. The quantitative estimate of drug-likeness (QED) is 0.787. The smallest absolute Gasteiger partial charge is 0.431 e. The zero-order valence-electron chi connectivity index (χ0n) is 14.4. The van der Waals surface area contributed by atoms with Crippen molar-refractivity contribution in [3.8, 4) is 0 Å². The molecule has 0 aliphatic rings. The molecule has 22 heavy (non-hydrogen) atoms. The third-order valence-electron chi connectivity index (χ3n) is 2.00. The molecule has 0 saturated carbocycles. The molecule has 0 heterocycles. The minimum Gasteiger partial charge on any atom is -0.444 e. The van der Waals surface area contributed by atoms with Gasteiger partial charge >= 0.3 is 12.2 Å². The van der Waals surface area contributed by atoms with E-state index in [1.165, 1.54) is 7.05 Å². The Morgan fingerprint density at radius 3 is 2.05 bits per heavy atom. The highest BCUT2D eigenvalue weighted by Gasteiger charge is 2.22. The predicted octanol–water partition coefficient (Wildman–Crippen LogP) is 2.65. The summed E-state index contributed by atoms with van der Waals surface area (Å²) in [5, 5.41) is 0. The van der Waals surface area contributed by atoms with Gasteiger partial charge in [0.05, 0.1) is 6.54 Å². The van der Waals surface area contributed by atoms with Gasteiger partial charge < -0.3 is 14.4 Å². The highest BCUT2D eigenvalue weighted by molar-refractivity contribution is 5.67. The van der Waals surface area contributed by atoms with Gasteiger partial charge in [-0.05, 0) is 41.5 Å². The van der Waals surface area contributed by atoms with Gasteiger partial charge in [-0.25, -0.2) is 14.0 Å². The molecule has 0 bridgehead atoms. The van der Waals surface area contributed by atoms with Gasteiger partial charge in [-0.3, -0.25) is 4.84 Å². The summed E-state index contributed by atoms with van der Waals surface area (Å²) < 4.78 is 23.7. The van der Waals surface area contributed by atoms with Gasteiger partial charge in [-0.1, -0.05) is 0 Å². The first-order valence-corrected chi connectivity index (χ1v) is 6.99. The maximum atomic E-state index is 13.7. The zero-order valence-corrected chi connectivity index (χ0v) is 14.4. The Kier molecular flexibility index (Phi) is 7.58. The van der Waals surface area contributed by atoms with E-state index in [1.807, 2.05) is 5.48 Å². The molecule has 0 aromatic heterocycles. The Balaban J connectivity index is 4.01. The minimum absolute atomic E-state index is 0.217. The number of rotatable bonds is 5. The molecule has 1 atom stereocenters. The number of nitrogens with zero attached hydrogens (tertiary/aromatic N) is 1. The van der Waals surface area contributed by atoms with E-state index in [4.69, 9.17) is 14.3 Å². The van der Waals surface area contributed by atoms with Crippen molar-refractivity contribution in [2.75, 3.05) is 20.2 Å². The molecule has 0 rings (SSSR count). The number of nitrogens with one attached hydrogen (secondary N) is 1. The van der Waals surface area contributed by atoms with Crippen LogP contribution in [0, 0.1) is 0 Å². The van der Waals surface area contributed by atoms with E-state index in [0.717, 1.165) is 4.90 Å². The van der Waals surface area contributed by atoms with Crippen molar-refractivity contribution in [1.29, 1.82) is 0 Å². The fraction of sp³-hybridized carbons (Fsp3) is 0.857. The second-order valence-corrected chi connectivity index (χ2v) is 6.87. The van der Waals surface area contributed by atoms with Gasteiger partial charge in [-0.15, -0.1) is 0 Å². The lowest BCUT2D eigenvalue weighted by Crippen LogP contribution is -2.40. The largest absolute Gasteiger partial charge is 0.444 e. The van der Waals surface area contributed by atoms with Crippen LogP contribution in [0.3, 0.4) is 0 Å². The van der Waals surface area contributed by atoms with Crippen LogP contribution in [-0.4, -0.2) is 54.7 Å². The molecule has 0 aliphatic heterocycles. The molecule has 7 nitrogen and oxygen atoms in total. The second-order valence-electron chi connectivity index (χ2n) is 6.87. The summed E-state index contributed by atoms with van der Waals surface area (Å²) in [6.07, 6.45) is -2.91. The first-order chi connectivity index (χ1) is 9.80. The summed E-state index contributed by atoms with van der Waals surface area (Å²) in [6, 6.07) is 0. The van der Waals surface area contributed by atoms with Gasteiger partial charge in [0, 0.05) is 7.05 Å². The molecular weight excluding hydrogens is 295 g/mol. The second kappa shape index (κ2) is 8.17. The van der Waals surface area contributed by atoms with Crippen LogP contribution in [0.15, 0.2) is 0 Å². The van der Waals surface area contributed by atoms with E-state index in [9.17, 15) is 14.0 Å². The Morgan fingerprint density at radius 2 is 1.59 bits per heavy atom. The third-order valence-corrected chi connectivity index (χ3v) is 2.00. The molecule has 0 aliphatic carbocycles. The van der Waals surface area contributed by atoms with E-state index < -0.39 is 36.2 Å². The number of hydrogen-bond acceptors (Lipinski definition) is 5. The molecule has 1 N–H and O–H groups in total. The van der Waals surface area contributed by atoms with Crippen LogP contribution in [0.25, 0.3) is 0 Å². The van der Waals surface area contributed by atoms with E-state index >= 15 is 0 Å². The van der Waals surface area contributed by atoms with Gasteiger partial charge in [0.25, 0.3) is 0 Å². The van der Waals surface area contributed by atoms with E-state index in [1.54, 1.807) is 41.5 Å². The van der Waals surface area contributed by atoms with E-state index in [0.29, 0.717) is 0 Å². The van der Waals surface area contributed by atoms with Crippen LogP contribution in [0.4, 0.5) is 14.0 Å². The van der Waals surface area contributed by atoms with Crippen molar-refractivity contribution in [3.63, 3.8) is 0 Å². The molecule has 1 unspecified atom stereocenters. The van der Waals surface area contributed by atoms with Gasteiger partial charge in [0.1, 0.15) is 24.0 Å². The monoisotopic (exact) mass is 322 g/mol. The first kappa shape index (κ1) is 20.4. The Hall–Kier alpha value is -1.57. The summed E-state index contributed by atoms with van der Waals surface area (Å²) in [5.74, 6) is 0. The average Bonchev–Trinajstić information content (AvgIpc) is 2.23. The molecule has 0 fully saturated rings. The third kappa shape index (κ3) is 11.1. The summed E-state index contributed by atoms with van der Waals surface area (Å²) in [5.41, 5.74) is 0.661. The SMILES string of the molecule is CN(CC(F)CONC(=O)OC(C)(C)C)C(=O)OC(C)(C)C. The van der Waals surface area contributed by atoms with E-state index in [2.05, 4.69) is 0 Å². The number of hydrogen-bond donors (Lipinski definition) is 1. The summed E-state index contributed by atoms with van der Waals surface area (Å²) in [7, 11) is 1.42. The maximum Gasteiger partial charge on any atom is 0.431 e. The summed E-state index contributed by atoms with van der Waals surface area (Å²) in [6.45, 7) is 9.62. The lowest BCUT2D eigenvalue weighted by Gasteiger charge is -2.25. The van der Waals surface area contributed by atoms with Crippen LogP contribution < -0.4 is 5.48 Å². The molecule has 0 aromatic carbocycles. The van der Waals surface area contributed by atoms with Crippen LogP contribution >= 0.6 is 0 Å². The van der Waals surface area contributed by atoms with Crippen molar-refractivity contribution in [2.24, 2.45) is 0 Å². The van der Waals surface area contributed by atoms with Crippen LogP contribution in [0.5, 0.6) is 0 Å². The van der Waals surface area contributed by atoms with Gasteiger partial charge in [0.2, 0.25) is 0 Å². The highest BCUT2D eigenvalue weighted by Crippen LogP contribution is 2.10. The maximum absolute atomic E-state index is 13.7. The molecule has 0 saturated heterocycles. The Labute approximate surface area is 131 Å².